The second-order valence-corrected chi connectivity index (χ2v) is 9.00. The van der Waals surface area contributed by atoms with Gasteiger partial charge in [0.2, 0.25) is 10.0 Å². The van der Waals surface area contributed by atoms with Crippen LogP contribution in [0.5, 0.6) is 11.5 Å². The van der Waals surface area contributed by atoms with E-state index in [-0.39, 0.29) is 35.0 Å². The Balaban J connectivity index is 0.00000363. The molecule has 0 heterocycles. The molecular formula is C22H31IN4O4S. The molecule has 2 aromatic rings. The molecule has 0 bridgehead atoms. The van der Waals surface area contributed by atoms with Gasteiger partial charge in [0.15, 0.2) is 17.5 Å². The van der Waals surface area contributed by atoms with Crippen molar-refractivity contribution in [3.05, 3.63) is 53.6 Å². The van der Waals surface area contributed by atoms with Crippen LogP contribution >= 0.6 is 24.0 Å². The van der Waals surface area contributed by atoms with Gasteiger partial charge in [0.1, 0.15) is 0 Å². The quantitative estimate of drug-likeness (QED) is 0.254. The SMILES string of the molecule is CN=C(NCc1ccc(S(N)(=O)=O)cc1)NCc1cccc(OC)c1OC1CCCC1.I. The second kappa shape index (κ2) is 12.3. The lowest BCUT2D eigenvalue weighted by Gasteiger charge is -2.20. The van der Waals surface area contributed by atoms with E-state index in [0.29, 0.717) is 19.0 Å². The smallest absolute Gasteiger partial charge is 0.238 e. The molecule has 3 rings (SSSR count). The van der Waals surface area contributed by atoms with E-state index < -0.39 is 10.0 Å². The fourth-order valence-corrected chi connectivity index (χ4v) is 4.07. The van der Waals surface area contributed by atoms with E-state index in [9.17, 15) is 8.42 Å². The number of nitrogens with two attached hydrogens (primary N) is 1. The first-order valence-electron chi connectivity index (χ1n) is 10.3. The van der Waals surface area contributed by atoms with Crippen LogP contribution in [0, 0.1) is 0 Å². The van der Waals surface area contributed by atoms with Gasteiger partial charge in [-0.25, -0.2) is 13.6 Å². The van der Waals surface area contributed by atoms with Crippen LogP contribution in [0.1, 0.15) is 36.8 Å². The second-order valence-electron chi connectivity index (χ2n) is 7.44. The molecule has 8 nitrogen and oxygen atoms in total. The van der Waals surface area contributed by atoms with E-state index in [2.05, 4.69) is 15.6 Å². The first kappa shape index (κ1) is 26.2. The maximum absolute atomic E-state index is 11.4. The summed E-state index contributed by atoms with van der Waals surface area (Å²) in [5.41, 5.74) is 1.90. The van der Waals surface area contributed by atoms with Gasteiger partial charge in [0.05, 0.1) is 18.1 Å². The van der Waals surface area contributed by atoms with Gasteiger partial charge in [-0.1, -0.05) is 24.3 Å². The van der Waals surface area contributed by atoms with Crippen molar-refractivity contribution in [2.45, 2.75) is 49.8 Å². The number of aliphatic imine (C=N–C) groups is 1. The van der Waals surface area contributed by atoms with Gasteiger partial charge >= 0.3 is 0 Å². The predicted molar refractivity (Wildman–Crippen MR) is 136 cm³/mol. The average Bonchev–Trinajstić information content (AvgIpc) is 3.27. The molecule has 0 radical (unpaired) electrons. The molecule has 4 N–H and O–H groups in total. The molecule has 0 saturated heterocycles. The van der Waals surface area contributed by atoms with Crippen LogP contribution in [0.15, 0.2) is 52.4 Å². The van der Waals surface area contributed by atoms with Crippen LogP contribution in [-0.2, 0) is 23.1 Å². The highest BCUT2D eigenvalue weighted by atomic mass is 127. The van der Waals surface area contributed by atoms with Gasteiger partial charge in [-0.15, -0.1) is 24.0 Å². The minimum absolute atomic E-state index is 0. The highest BCUT2D eigenvalue weighted by molar-refractivity contribution is 14.0. The van der Waals surface area contributed by atoms with Crippen molar-refractivity contribution in [1.82, 2.24) is 10.6 Å². The van der Waals surface area contributed by atoms with E-state index in [4.69, 9.17) is 14.6 Å². The third kappa shape index (κ3) is 7.24. The number of primary sulfonamides is 1. The van der Waals surface area contributed by atoms with E-state index in [1.807, 2.05) is 18.2 Å². The highest BCUT2D eigenvalue weighted by Crippen LogP contribution is 2.34. The minimum atomic E-state index is -3.69. The number of hydrogen-bond acceptors (Lipinski definition) is 5. The molecule has 0 spiro atoms. The fourth-order valence-electron chi connectivity index (χ4n) is 3.55. The standard InChI is InChI=1S/C22H30N4O4S.HI/c1-24-22(25-14-16-10-12-19(13-11-16)31(23,27)28)26-15-17-6-5-9-20(29-2)21(17)30-18-7-3-4-8-18;/h5-6,9-13,18H,3-4,7-8,14-15H2,1-2H3,(H2,23,27,28)(H2,24,25,26);1H. The molecule has 0 aliphatic heterocycles. The number of methoxy groups -OCH3 is 1. The zero-order valence-corrected chi connectivity index (χ0v) is 21.5. The zero-order chi connectivity index (χ0) is 22.3. The molecule has 0 atom stereocenters. The van der Waals surface area contributed by atoms with Crippen molar-refractivity contribution in [3.8, 4) is 11.5 Å². The van der Waals surface area contributed by atoms with Crippen LogP contribution in [0.3, 0.4) is 0 Å². The first-order valence-corrected chi connectivity index (χ1v) is 11.8. The maximum Gasteiger partial charge on any atom is 0.238 e. The molecule has 1 aliphatic rings. The molecule has 0 aromatic heterocycles. The topological polar surface area (TPSA) is 115 Å². The Morgan fingerprint density at radius 1 is 1.09 bits per heavy atom. The summed E-state index contributed by atoms with van der Waals surface area (Å²) in [6, 6.07) is 12.3. The van der Waals surface area contributed by atoms with Crippen molar-refractivity contribution in [3.63, 3.8) is 0 Å². The Morgan fingerprint density at radius 2 is 1.75 bits per heavy atom. The van der Waals surface area contributed by atoms with Crippen molar-refractivity contribution in [1.29, 1.82) is 0 Å². The van der Waals surface area contributed by atoms with E-state index in [1.165, 1.54) is 25.0 Å². The minimum Gasteiger partial charge on any atom is -0.493 e. The molecule has 32 heavy (non-hydrogen) atoms. The fraction of sp³-hybridized carbons (Fsp3) is 0.409. The number of nitrogens with zero attached hydrogens (tertiary/aromatic N) is 1. The van der Waals surface area contributed by atoms with Crippen molar-refractivity contribution < 1.29 is 17.9 Å². The summed E-state index contributed by atoms with van der Waals surface area (Å²) in [4.78, 5) is 4.35. The first-order chi connectivity index (χ1) is 14.9. The molecule has 10 heteroatoms. The Morgan fingerprint density at radius 3 is 2.34 bits per heavy atom. The van der Waals surface area contributed by atoms with Gasteiger partial charge in [0, 0.05) is 25.7 Å². The molecule has 1 aliphatic carbocycles. The molecular weight excluding hydrogens is 543 g/mol. The van der Waals surface area contributed by atoms with Gasteiger partial charge < -0.3 is 20.1 Å². The third-order valence-corrected chi connectivity index (χ3v) is 6.18. The lowest BCUT2D eigenvalue weighted by atomic mass is 10.1. The van der Waals surface area contributed by atoms with Crippen molar-refractivity contribution >= 4 is 40.0 Å². The van der Waals surface area contributed by atoms with Crippen LogP contribution in [0.4, 0.5) is 0 Å². The van der Waals surface area contributed by atoms with Crippen LogP contribution < -0.4 is 25.2 Å². The largest absolute Gasteiger partial charge is 0.493 e. The molecule has 2 aromatic carbocycles. The van der Waals surface area contributed by atoms with Gasteiger partial charge in [-0.3, -0.25) is 4.99 Å². The lowest BCUT2D eigenvalue weighted by molar-refractivity contribution is 0.198. The molecule has 1 saturated carbocycles. The van der Waals surface area contributed by atoms with Crippen LogP contribution in [0.2, 0.25) is 0 Å². The monoisotopic (exact) mass is 574 g/mol. The molecule has 0 amide bonds. The number of sulfonamides is 1. The van der Waals surface area contributed by atoms with E-state index in [1.54, 1.807) is 26.3 Å². The lowest BCUT2D eigenvalue weighted by Crippen LogP contribution is -2.36. The summed E-state index contributed by atoms with van der Waals surface area (Å²) in [6.07, 6.45) is 4.76. The van der Waals surface area contributed by atoms with E-state index >= 15 is 0 Å². The van der Waals surface area contributed by atoms with Crippen molar-refractivity contribution in [2.75, 3.05) is 14.2 Å². The Bertz CT molecular complexity index is 1010. The number of nitrogens with one attached hydrogen (secondary N) is 2. The summed E-state index contributed by atoms with van der Waals surface area (Å²) in [5, 5.41) is 11.7. The number of para-hydroxylation sites is 1. The average molecular weight is 574 g/mol. The third-order valence-electron chi connectivity index (χ3n) is 5.25. The van der Waals surface area contributed by atoms with E-state index in [0.717, 1.165) is 35.5 Å². The van der Waals surface area contributed by atoms with Gasteiger partial charge in [-0.2, -0.15) is 0 Å². The Labute approximate surface area is 207 Å². The Kier molecular flexibility index (Phi) is 10.0. The van der Waals surface area contributed by atoms with Gasteiger partial charge in [-0.05, 0) is 49.4 Å². The number of halogens is 1. The summed E-state index contributed by atoms with van der Waals surface area (Å²) in [7, 11) is -0.348. The van der Waals surface area contributed by atoms with Crippen LogP contribution in [0.25, 0.3) is 0 Å². The number of hydrogen-bond donors (Lipinski definition) is 3. The molecule has 1 fully saturated rings. The maximum atomic E-state index is 11.4. The summed E-state index contributed by atoms with van der Waals surface area (Å²) in [6.45, 7) is 0.997. The van der Waals surface area contributed by atoms with Crippen molar-refractivity contribution in [2.24, 2.45) is 10.1 Å². The highest BCUT2D eigenvalue weighted by Gasteiger charge is 2.20. The summed E-state index contributed by atoms with van der Waals surface area (Å²) >= 11 is 0. The molecule has 0 unspecified atom stereocenters. The predicted octanol–water partition coefficient (Wildman–Crippen LogP) is 3.15. The number of benzene rings is 2. The summed E-state index contributed by atoms with van der Waals surface area (Å²) < 4.78 is 34.5. The van der Waals surface area contributed by atoms with Crippen LogP contribution in [-0.4, -0.2) is 34.6 Å². The normalized spacial score (nSPS) is 14.5. The zero-order valence-electron chi connectivity index (χ0n) is 18.3. The summed E-state index contributed by atoms with van der Waals surface area (Å²) in [5.74, 6) is 2.12. The number of ether oxygens (including phenoxy) is 2. The number of guanidine groups is 1. The number of rotatable bonds is 8. The Hall–Kier alpha value is -2.05. The van der Waals surface area contributed by atoms with Gasteiger partial charge in [0.25, 0.3) is 0 Å². The molecule has 176 valence electrons.